The molecule has 26 heavy (non-hydrogen) atoms. The second-order valence-corrected chi connectivity index (χ2v) is 7.63. The van der Waals surface area contributed by atoms with Gasteiger partial charge in [-0.25, -0.2) is 0 Å². The van der Waals surface area contributed by atoms with Crippen molar-refractivity contribution in [3.63, 3.8) is 0 Å². The Bertz CT molecular complexity index is 864. The van der Waals surface area contributed by atoms with Crippen LogP contribution in [0.4, 0.5) is 5.69 Å². The highest BCUT2D eigenvalue weighted by Crippen LogP contribution is 2.42. The first kappa shape index (κ1) is 17.4. The van der Waals surface area contributed by atoms with Crippen molar-refractivity contribution in [2.75, 3.05) is 11.9 Å². The van der Waals surface area contributed by atoms with Gasteiger partial charge in [0.05, 0.1) is 27.6 Å². The first-order valence-electron chi connectivity index (χ1n) is 8.65. The lowest BCUT2D eigenvalue weighted by Crippen LogP contribution is -2.37. The van der Waals surface area contributed by atoms with E-state index in [0.29, 0.717) is 35.2 Å². The van der Waals surface area contributed by atoms with Crippen molar-refractivity contribution in [2.24, 2.45) is 11.8 Å². The summed E-state index contributed by atoms with van der Waals surface area (Å²) >= 11 is 12.2. The Morgan fingerprint density at radius 3 is 2.38 bits per heavy atom. The molecule has 1 saturated carbocycles. The van der Waals surface area contributed by atoms with Crippen LogP contribution in [0, 0.1) is 11.8 Å². The number of halogens is 2. The highest BCUT2D eigenvalue weighted by atomic mass is 35.5. The lowest BCUT2D eigenvalue weighted by molar-refractivity contribution is -0.135. The molecule has 1 aliphatic carbocycles. The average molecular weight is 389 g/mol. The van der Waals surface area contributed by atoms with E-state index in [9.17, 15) is 9.59 Å². The van der Waals surface area contributed by atoms with Crippen LogP contribution in [-0.2, 0) is 22.6 Å². The molecule has 0 saturated heterocycles. The first-order chi connectivity index (χ1) is 12.5. The molecule has 0 spiro atoms. The van der Waals surface area contributed by atoms with Gasteiger partial charge in [-0.15, -0.1) is 0 Å². The van der Waals surface area contributed by atoms with Gasteiger partial charge in [-0.1, -0.05) is 53.5 Å². The Morgan fingerprint density at radius 1 is 0.962 bits per heavy atom. The van der Waals surface area contributed by atoms with E-state index in [1.807, 2.05) is 17.0 Å². The molecule has 2 atom stereocenters. The number of amides is 2. The molecule has 134 valence electrons. The van der Waals surface area contributed by atoms with Gasteiger partial charge in [-0.05, 0) is 36.1 Å². The van der Waals surface area contributed by atoms with E-state index >= 15 is 0 Å². The zero-order valence-electron chi connectivity index (χ0n) is 14.0. The van der Waals surface area contributed by atoms with Crippen LogP contribution in [0.15, 0.2) is 42.5 Å². The number of benzene rings is 2. The maximum Gasteiger partial charge on any atom is 0.228 e. The maximum absolute atomic E-state index is 12.8. The van der Waals surface area contributed by atoms with Crippen LogP contribution in [0.3, 0.4) is 0 Å². The smallest absolute Gasteiger partial charge is 0.228 e. The first-order valence-corrected chi connectivity index (χ1v) is 9.40. The number of carbonyl (C=O) groups excluding carboxylic acids is 2. The lowest BCUT2D eigenvalue weighted by atomic mass is 9.99. The molecule has 1 heterocycles. The Labute approximate surface area is 162 Å². The van der Waals surface area contributed by atoms with Crippen LogP contribution in [0.1, 0.15) is 17.5 Å². The minimum atomic E-state index is -0.313. The van der Waals surface area contributed by atoms with Gasteiger partial charge in [0.15, 0.2) is 0 Å². The van der Waals surface area contributed by atoms with E-state index in [-0.39, 0.29) is 23.7 Å². The van der Waals surface area contributed by atoms with E-state index in [1.54, 1.807) is 18.2 Å². The molecule has 2 aromatic rings. The molecule has 1 aliphatic heterocycles. The summed E-state index contributed by atoms with van der Waals surface area (Å²) in [7, 11) is 0. The van der Waals surface area contributed by atoms with Crippen molar-refractivity contribution in [1.82, 2.24) is 4.90 Å². The predicted octanol–water partition coefficient (Wildman–Crippen LogP) is 4.15. The number of hydrogen-bond donors (Lipinski definition) is 1. The number of carbonyl (C=O) groups is 2. The van der Waals surface area contributed by atoms with Crippen LogP contribution in [-0.4, -0.2) is 23.3 Å². The SMILES string of the molecule is O=C(Nc1c(Cl)cccc1Cl)C1CC1C(=O)N1CCc2ccccc2C1. The van der Waals surface area contributed by atoms with Crippen molar-refractivity contribution in [2.45, 2.75) is 19.4 Å². The zero-order valence-corrected chi connectivity index (χ0v) is 15.6. The molecule has 2 amide bonds. The predicted molar refractivity (Wildman–Crippen MR) is 102 cm³/mol. The summed E-state index contributed by atoms with van der Waals surface area (Å²) in [6.45, 7) is 1.33. The molecule has 0 aromatic heterocycles. The van der Waals surface area contributed by atoms with Crippen LogP contribution < -0.4 is 5.32 Å². The standard InChI is InChI=1S/C20H18Cl2N2O2/c21-16-6-3-7-17(22)18(16)23-19(25)14-10-15(14)20(26)24-9-8-12-4-1-2-5-13(12)11-24/h1-7,14-15H,8-11H2,(H,23,25). The van der Waals surface area contributed by atoms with Gasteiger partial charge in [-0.2, -0.15) is 0 Å². The summed E-state index contributed by atoms with van der Waals surface area (Å²) < 4.78 is 0. The fraction of sp³-hybridized carbons (Fsp3) is 0.300. The summed E-state index contributed by atoms with van der Waals surface area (Å²) in [6.07, 6.45) is 1.44. The zero-order chi connectivity index (χ0) is 18.3. The minimum Gasteiger partial charge on any atom is -0.338 e. The molecule has 2 unspecified atom stereocenters. The van der Waals surface area contributed by atoms with E-state index in [1.165, 1.54) is 11.1 Å². The number of nitrogens with zero attached hydrogens (tertiary/aromatic N) is 1. The van der Waals surface area contributed by atoms with E-state index in [4.69, 9.17) is 23.2 Å². The number of nitrogens with one attached hydrogen (secondary N) is 1. The summed E-state index contributed by atoms with van der Waals surface area (Å²) in [5.41, 5.74) is 2.90. The molecule has 6 heteroatoms. The quantitative estimate of drug-likeness (QED) is 0.858. The van der Waals surface area contributed by atoms with Crippen molar-refractivity contribution in [3.05, 3.63) is 63.6 Å². The molecule has 0 bridgehead atoms. The third-order valence-electron chi connectivity index (χ3n) is 5.10. The Morgan fingerprint density at radius 2 is 1.65 bits per heavy atom. The Hall–Kier alpha value is -2.04. The van der Waals surface area contributed by atoms with Crippen LogP contribution in [0.5, 0.6) is 0 Å². The van der Waals surface area contributed by atoms with Crippen molar-refractivity contribution < 1.29 is 9.59 Å². The van der Waals surface area contributed by atoms with Gasteiger partial charge in [-0.3, -0.25) is 9.59 Å². The maximum atomic E-state index is 12.8. The normalized spacial score (nSPS) is 21.1. The number of fused-ring (bicyclic) bond motifs is 1. The third-order valence-corrected chi connectivity index (χ3v) is 5.73. The van der Waals surface area contributed by atoms with Gasteiger partial charge in [0, 0.05) is 13.1 Å². The molecule has 1 N–H and O–H groups in total. The van der Waals surface area contributed by atoms with Crippen molar-refractivity contribution in [1.29, 1.82) is 0 Å². The number of rotatable bonds is 3. The number of hydrogen-bond acceptors (Lipinski definition) is 2. The van der Waals surface area contributed by atoms with Crippen LogP contribution >= 0.6 is 23.2 Å². The number of para-hydroxylation sites is 1. The molecule has 0 radical (unpaired) electrons. The summed E-state index contributed by atoms with van der Waals surface area (Å²) in [5, 5.41) is 3.55. The van der Waals surface area contributed by atoms with Gasteiger partial charge in [0.1, 0.15) is 0 Å². The summed E-state index contributed by atoms with van der Waals surface area (Å²) in [6, 6.07) is 13.2. The molecular formula is C20H18Cl2N2O2. The Kier molecular flexibility index (Phi) is 4.63. The molecule has 2 aromatic carbocycles. The second-order valence-electron chi connectivity index (χ2n) is 6.81. The van der Waals surface area contributed by atoms with Crippen LogP contribution in [0.2, 0.25) is 10.0 Å². The Balaban J connectivity index is 1.39. The van der Waals surface area contributed by atoms with Gasteiger partial charge in [0.2, 0.25) is 11.8 Å². The highest BCUT2D eigenvalue weighted by Gasteiger charge is 2.49. The third kappa shape index (κ3) is 3.31. The molecule has 4 nitrogen and oxygen atoms in total. The average Bonchev–Trinajstić information content (AvgIpc) is 3.44. The lowest BCUT2D eigenvalue weighted by Gasteiger charge is -2.29. The highest BCUT2D eigenvalue weighted by molar-refractivity contribution is 6.39. The molecule has 2 aliphatic rings. The van der Waals surface area contributed by atoms with Gasteiger partial charge < -0.3 is 10.2 Å². The van der Waals surface area contributed by atoms with Crippen molar-refractivity contribution in [3.8, 4) is 0 Å². The summed E-state index contributed by atoms with van der Waals surface area (Å²) in [5.74, 6) is -0.700. The second kappa shape index (κ2) is 6.93. The van der Waals surface area contributed by atoms with Gasteiger partial charge >= 0.3 is 0 Å². The fourth-order valence-corrected chi connectivity index (χ4v) is 4.00. The monoisotopic (exact) mass is 388 g/mol. The van der Waals surface area contributed by atoms with Gasteiger partial charge in [0.25, 0.3) is 0 Å². The van der Waals surface area contributed by atoms with E-state index in [2.05, 4.69) is 17.4 Å². The molecular weight excluding hydrogens is 371 g/mol. The fourth-order valence-electron chi connectivity index (χ4n) is 3.51. The van der Waals surface area contributed by atoms with Crippen LogP contribution in [0.25, 0.3) is 0 Å². The number of anilines is 1. The molecule has 1 fully saturated rings. The van der Waals surface area contributed by atoms with E-state index < -0.39 is 0 Å². The summed E-state index contributed by atoms with van der Waals surface area (Å²) in [4.78, 5) is 27.1. The van der Waals surface area contributed by atoms with Crippen molar-refractivity contribution >= 4 is 40.7 Å². The topological polar surface area (TPSA) is 49.4 Å². The largest absolute Gasteiger partial charge is 0.338 e. The molecule has 4 rings (SSSR count). The van der Waals surface area contributed by atoms with E-state index in [0.717, 1.165) is 6.42 Å². The minimum absolute atomic E-state index is 0.0601.